The number of carbonyl (C=O) groups is 1. The summed E-state index contributed by atoms with van der Waals surface area (Å²) in [5.41, 5.74) is 3.23. The van der Waals surface area contributed by atoms with Gasteiger partial charge in [0.05, 0.1) is 17.3 Å². The number of anilines is 1. The van der Waals surface area contributed by atoms with Crippen LogP contribution >= 0.6 is 0 Å². The van der Waals surface area contributed by atoms with Gasteiger partial charge < -0.3 is 5.32 Å². The van der Waals surface area contributed by atoms with Crippen molar-refractivity contribution < 1.29 is 4.79 Å². The molecule has 3 aromatic rings. The molecule has 1 amide bonds. The Labute approximate surface area is 110 Å². The van der Waals surface area contributed by atoms with E-state index >= 15 is 0 Å². The molecule has 0 atom stereocenters. The van der Waals surface area contributed by atoms with E-state index in [1.54, 1.807) is 10.7 Å². The first-order chi connectivity index (χ1) is 9.25. The third-order valence-electron chi connectivity index (χ3n) is 3.06. The number of hydrogen-bond donors (Lipinski definition) is 1. The molecule has 1 N–H and O–H groups in total. The average molecular weight is 251 g/mol. The molecule has 0 fully saturated rings. The minimum Gasteiger partial charge on any atom is -0.322 e. The maximum absolute atomic E-state index is 12.3. The SMILES string of the molecule is Cc1ccccc1NC(=O)c1cnn2ccccc12. The molecule has 4 nitrogen and oxygen atoms in total. The molecule has 19 heavy (non-hydrogen) atoms. The van der Waals surface area contributed by atoms with Gasteiger partial charge in [-0.25, -0.2) is 4.52 Å². The van der Waals surface area contributed by atoms with Gasteiger partial charge in [0.2, 0.25) is 0 Å². The number of nitrogens with zero attached hydrogens (tertiary/aromatic N) is 2. The first-order valence-corrected chi connectivity index (χ1v) is 6.05. The minimum atomic E-state index is -0.143. The number of hydrogen-bond acceptors (Lipinski definition) is 2. The zero-order chi connectivity index (χ0) is 13.2. The Balaban J connectivity index is 1.95. The lowest BCUT2D eigenvalue weighted by molar-refractivity contribution is 0.102. The summed E-state index contributed by atoms with van der Waals surface area (Å²) in [6.45, 7) is 1.96. The van der Waals surface area contributed by atoms with Crippen molar-refractivity contribution in [1.29, 1.82) is 0 Å². The summed E-state index contributed by atoms with van der Waals surface area (Å²) < 4.78 is 1.69. The predicted octanol–water partition coefficient (Wildman–Crippen LogP) is 2.90. The normalized spacial score (nSPS) is 10.6. The van der Waals surface area contributed by atoms with E-state index in [1.165, 1.54) is 0 Å². The number of carbonyl (C=O) groups excluding carboxylic acids is 1. The molecule has 94 valence electrons. The van der Waals surface area contributed by atoms with Gasteiger partial charge in [-0.05, 0) is 30.7 Å². The molecule has 2 aromatic heterocycles. The standard InChI is InChI=1S/C15H13N3O/c1-11-6-2-3-7-13(11)17-15(19)12-10-16-18-9-5-4-8-14(12)18/h2-10H,1H3,(H,17,19). The van der Waals surface area contributed by atoms with Crippen LogP contribution in [0.2, 0.25) is 0 Å². The van der Waals surface area contributed by atoms with Crippen molar-refractivity contribution in [3.05, 3.63) is 66.0 Å². The summed E-state index contributed by atoms with van der Waals surface area (Å²) in [5, 5.41) is 7.07. The summed E-state index contributed by atoms with van der Waals surface area (Å²) in [6.07, 6.45) is 3.41. The van der Waals surface area contributed by atoms with Gasteiger partial charge in [-0.1, -0.05) is 24.3 Å². The topological polar surface area (TPSA) is 46.4 Å². The highest BCUT2D eigenvalue weighted by atomic mass is 16.1. The molecule has 0 aliphatic rings. The fraction of sp³-hybridized carbons (Fsp3) is 0.0667. The fourth-order valence-corrected chi connectivity index (χ4v) is 2.01. The van der Waals surface area contributed by atoms with Crippen LogP contribution < -0.4 is 5.32 Å². The maximum atomic E-state index is 12.3. The Kier molecular flexibility index (Phi) is 2.76. The first kappa shape index (κ1) is 11.5. The van der Waals surface area contributed by atoms with Crippen LogP contribution in [-0.2, 0) is 0 Å². The van der Waals surface area contributed by atoms with Crippen LogP contribution in [0.4, 0.5) is 5.69 Å². The van der Waals surface area contributed by atoms with Crippen molar-refractivity contribution in [3.63, 3.8) is 0 Å². The second-order valence-corrected chi connectivity index (χ2v) is 4.36. The molecule has 0 aliphatic carbocycles. The summed E-state index contributed by atoms with van der Waals surface area (Å²) in [4.78, 5) is 12.3. The van der Waals surface area contributed by atoms with Gasteiger partial charge in [-0.3, -0.25) is 4.79 Å². The monoisotopic (exact) mass is 251 g/mol. The number of rotatable bonds is 2. The lowest BCUT2D eigenvalue weighted by Crippen LogP contribution is -2.12. The Morgan fingerprint density at radius 2 is 1.95 bits per heavy atom. The summed E-state index contributed by atoms with van der Waals surface area (Å²) >= 11 is 0. The number of para-hydroxylation sites is 1. The van der Waals surface area contributed by atoms with Gasteiger partial charge >= 0.3 is 0 Å². The van der Waals surface area contributed by atoms with E-state index in [9.17, 15) is 4.79 Å². The van der Waals surface area contributed by atoms with Crippen LogP contribution in [0.1, 0.15) is 15.9 Å². The number of amides is 1. The highest BCUT2D eigenvalue weighted by Gasteiger charge is 2.12. The zero-order valence-electron chi connectivity index (χ0n) is 10.5. The molecule has 4 heteroatoms. The molecule has 0 spiro atoms. The smallest absolute Gasteiger partial charge is 0.259 e. The summed E-state index contributed by atoms with van der Waals surface area (Å²) in [7, 11) is 0. The third-order valence-corrected chi connectivity index (χ3v) is 3.06. The van der Waals surface area contributed by atoms with Gasteiger partial charge in [0.25, 0.3) is 5.91 Å². The second kappa shape index (κ2) is 4.57. The maximum Gasteiger partial charge on any atom is 0.259 e. The Bertz CT molecular complexity index is 746. The van der Waals surface area contributed by atoms with Crippen LogP contribution in [-0.4, -0.2) is 15.5 Å². The minimum absolute atomic E-state index is 0.143. The molecule has 0 unspecified atom stereocenters. The van der Waals surface area contributed by atoms with Crippen molar-refractivity contribution in [2.45, 2.75) is 6.92 Å². The molecule has 2 heterocycles. The van der Waals surface area contributed by atoms with E-state index in [4.69, 9.17) is 0 Å². The molecule has 0 aliphatic heterocycles. The van der Waals surface area contributed by atoms with Crippen LogP contribution in [0.15, 0.2) is 54.9 Å². The molecule has 1 aromatic carbocycles. The number of nitrogens with one attached hydrogen (secondary N) is 1. The van der Waals surface area contributed by atoms with Gasteiger partial charge in [0.1, 0.15) is 0 Å². The van der Waals surface area contributed by atoms with E-state index in [0.29, 0.717) is 5.56 Å². The second-order valence-electron chi connectivity index (χ2n) is 4.36. The molecule has 3 rings (SSSR count). The molecular weight excluding hydrogens is 238 g/mol. The van der Waals surface area contributed by atoms with Crippen molar-refractivity contribution in [2.75, 3.05) is 5.32 Å². The van der Waals surface area contributed by atoms with Crippen LogP contribution in [0.25, 0.3) is 5.52 Å². The van der Waals surface area contributed by atoms with E-state index in [2.05, 4.69) is 10.4 Å². The largest absolute Gasteiger partial charge is 0.322 e. The average Bonchev–Trinajstić information content (AvgIpc) is 2.85. The zero-order valence-corrected chi connectivity index (χ0v) is 10.5. The Hall–Kier alpha value is -2.62. The van der Waals surface area contributed by atoms with Gasteiger partial charge in [-0.15, -0.1) is 0 Å². The Morgan fingerprint density at radius 3 is 2.79 bits per heavy atom. The van der Waals surface area contributed by atoms with Crippen molar-refractivity contribution in [3.8, 4) is 0 Å². The Morgan fingerprint density at radius 1 is 1.16 bits per heavy atom. The molecule has 0 bridgehead atoms. The number of aromatic nitrogens is 2. The van der Waals surface area contributed by atoms with E-state index in [0.717, 1.165) is 16.8 Å². The van der Waals surface area contributed by atoms with Crippen LogP contribution in [0, 0.1) is 6.92 Å². The molecule has 0 saturated heterocycles. The lowest BCUT2D eigenvalue weighted by Gasteiger charge is -2.06. The van der Waals surface area contributed by atoms with Gasteiger partial charge in [0.15, 0.2) is 0 Å². The highest BCUT2D eigenvalue weighted by molar-refractivity contribution is 6.09. The lowest BCUT2D eigenvalue weighted by atomic mass is 10.2. The molecular formula is C15H13N3O. The summed E-state index contributed by atoms with van der Waals surface area (Å²) in [6, 6.07) is 13.3. The highest BCUT2D eigenvalue weighted by Crippen LogP contribution is 2.16. The van der Waals surface area contributed by atoms with Crippen LogP contribution in [0.5, 0.6) is 0 Å². The third kappa shape index (κ3) is 2.08. The molecule has 0 saturated carbocycles. The van der Waals surface area contributed by atoms with Crippen molar-refractivity contribution in [2.24, 2.45) is 0 Å². The van der Waals surface area contributed by atoms with E-state index < -0.39 is 0 Å². The summed E-state index contributed by atoms with van der Waals surface area (Å²) in [5.74, 6) is -0.143. The fourth-order valence-electron chi connectivity index (χ4n) is 2.01. The number of benzene rings is 1. The van der Waals surface area contributed by atoms with Gasteiger partial charge in [-0.2, -0.15) is 5.10 Å². The van der Waals surface area contributed by atoms with E-state index in [-0.39, 0.29) is 5.91 Å². The number of fused-ring (bicyclic) bond motifs is 1. The van der Waals surface area contributed by atoms with Crippen molar-refractivity contribution in [1.82, 2.24) is 9.61 Å². The first-order valence-electron chi connectivity index (χ1n) is 6.05. The van der Waals surface area contributed by atoms with E-state index in [1.807, 2.05) is 55.6 Å². The number of aryl methyl sites for hydroxylation is 1. The van der Waals surface area contributed by atoms with Crippen molar-refractivity contribution >= 4 is 17.1 Å². The molecule has 0 radical (unpaired) electrons. The van der Waals surface area contributed by atoms with Crippen LogP contribution in [0.3, 0.4) is 0 Å². The number of pyridine rings is 1. The predicted molar refractivity (Wildman–Crippen MR) is 74.3 cm³/mol. The van der Waals surface area contributed by atoms with Gasteiger partial charge in [0, 0.05) is 11.9 Å². The quantitative estimate of drug-likeness (QED) is 0.761.